The molecule has 1 aliphatic heterocycles. The van der Waals surface area contributed by atoms with Gasteiger partial charge in [-0.05, 0) is 18.6 Å². The van der Waals surface area contributed by atoms with E-state index in [4.69, 9.17) is 4.74 Å². The Morgan fingerprint density at radius 3 is 3.15 bits per heavy atom. The van der Waals surface area contributed by atoms with Gasteiger partial charge in [-0.15, -0.1) is 0 Å². The van der Waals surface area contributed by atoms with Gasteiger partial charge in [-0.1, -0.05) is 0 Å². The zero-order valence-electron chi connectivity index (χ0n) is 13.6. The molecule has 0 radical (unpaired) electrons. The number of aromatic nitrogens is 4. The summed E-state index contributed by atoms with van der Waals surface area (Å²) in [6.07, 6.45) is 3.45. The number of aromatic amines is 1. The van der Waals surface area contributed by atoms with Crippen LogP contribution >= 0.6 is 0 Å². The average Bonchev–Trinajstić information content (AvgIpc) is 3.01. The molecule has 9 heteroatoms. The lowest BCUT2D eigenvalue weighted by Gasteiger charge is -2.27. The molecule has 4 heterocycles. The number of hydrogen-bond acceptors (Lipinski definition) is 6. The van der Waals surface area contributed by atoms with Gasteiger partial charge in [0.2, 0.25) is 5.95 Å². The molecule has 2 N–H and O–H groups in total. The first-order valence-corrected chi connectivity index (χ1v) is 8.13. The van der Waals surface area contributed by atoms with Gasteiger partial charge in [0.25, 0.3) is 5.56 Å². The molecule has 8 nitrogen and oxygen atoms in total. The van der Waals surface area contributed by atoms with E-state index in [1.165, 1.54) is 18.5 Å². The molecule has 26 heavy (non-hydrogen) atoms. The molecule has 0 unspecified atom stereocenters. The number of nitrogens with zero attached hydrogens (tertiary/aromatic N) is 4. The number of ether oxygens (including phenoxy) is 1. The van der Waals surface area contributed by atoms with Crippen molar-refractivity contribution in [1.29, 1.82) is 5.26 Å². The topological polar surface area (TPSA) is 109 Å². The van der Waals surface area contributed by atoms with E-state index in [0.29, 0.717) is 36.2 Å². The second-order valence-corrected chi connectivity index (χ2v) is 6.02. The van der Waals surface area contributed by atoms with Crippen LogP contribution in [0.3, 0.4) is 0 Å². The molecule has 0 amide bonds. The second-order valence-electron chi connectivity index (χ2n) is 6.02. The quantitative estimate of drug-likeness (QED) is 0.697. The van der Waals surface area contributed by atoms with Crippen LogP contribution in [0.15, 0.2) is 35.4 Å². The van der Waals surface area contributed by atoms with Gasteiger partial charge in [-0.3, -0.25) is 9.48 Å². The van der Waals surface area contributed by atoms with Gasteiger partial charge in [-0.2, -0.15) is 14.8 Å². The van der Waals surface area contributed by atoms with E-state index in [1.807, 2.05) is 0 Å². The number of anilines is 2. The van der Waals surface area contributed by atoms with Crippen molar-refractivity contribution in [2.45, 2.75) is 12.5 Å². The van der Waals surface area contributed by atoms with E-state index in [-0.39, 0.29) is 23.3 Å². The summed E-state index contributed by atoms with van der Waals surface area (Å²) < 4.78 is 20.5. The lowest BCUT2D eigenvalue weighted by molar-refractivity contribution is 0.0359. The van der Waals surface area contributed by atoms with E-state index in [0.717, 1.165) is 0 Å². The van der Waals surface area contributed by atoms with Crippen LogP contribution in [0.25, 0.3) is 10.9 Å². The minimum Gasteiger partial charge on any atom is -0.379 e. The van der Waals surface area contributed by atoms with Crippen molar-refractivity contribution >= 4 is 22.4 Å². The van der Waals surface area contributed by atoms with Gasteiger partial charge in [0.05, 0.1) is 30.2 Å². The minimum absolute atomic E-state index is 0.266. The normalized spacial score (nSPS) is 20.0. The Morgan fingerprint density at radius 1 is 1.46 bits per heavy atom. The third kappa shape index (κ3) is 2.80. The first-order chi connectivity index (χ1) is 12.7. The predicted molar refractivity (Wildman–Crippen MR) is 91.4 cm³/mol. The summed E-state index contributed by atoms with van der Waals surface area (Å²) in [5.74, 6) is -0.620. The number of halogens is 1. The molecule has 4 rings (SSSR count). The maximum atomic E-state index is 13.4. The molecule has 3 aromatic heterocycles. The molecular weight excluding hydrogens is 339 g/mol. The molecule has 1 fully saturated rings. The Balaban J connectivity index is 1.84. The van der Waals surface area contributed by atoms with E-state index < -0.39 is 5.95 Å². The molecule has 2 atom stereocenters. The van der Waals surface area contributed by atoms with E-state index in [2.05, 4.69) is 26.5 Å². The third-order valence-electron chi connectivity index (χ3n) is 4.43. The number of rotatable bonds is 3. The van der Waals surface area contributed by atoms with Crippen molar-refractivity contribution in [3.05, 3.63) is 46.9 Å². The maximum Gasteiger partial charge on any atom is 0.261 e. The van der Waals surface area contributed by atoms with Gasteiger partial charge in [0, 0.05) is 30.8 Å². The van der Waals surface area contributed by atoms with Gasteiger partial charge in [0.15, 0.2) is 5.82 Å². The van der Waals surface area contributed by atoms with E-state index in [1.54, 1.807) is 16.8 Å². The minimum atomic E-state index is -0.641. The Hall–Kier alpha value is -3.25. The van der Waals surface area contributed by atoms with Crippen molar-refractivity contribution in [2.24, 2.45) is 5.92 Å². The van der Waals surface area contributed by atoms with Crippen molar-refractivity contribution in [1.82, 2.24) is 19.7 Å². The summed E-state index contributed by atoms with van der Waals surface area (Å²) in [5.41, 5.74) is 0.682. The van der Waals surface area contributed by atoms with E-state index in [9.17, 15) is 14.4 Å². The lowest BCUT2D eigenvalue weighted by Crippen LogP contribution is -2.30. The highest BCUT2D eigenvalue weighted by molar-refractivity contribution is 5.91. The van der Waals surface area contributed by atoms with Crippen LogP contribution in [0, 0.1) is 23.2 Å². The summed E-state index contributed by atoms with van der Waals surface area (Å²) in [7, 11) is 0. The summed E-state index contributed by atoms with van der Waals surface area (Å²) >= 11 is 0. The molecule has 0 aromatic carbocycles. The molecule has 132 valence electrons. The zero-order valence-corrected chi connectivity index (χ0v) is 13.6. The molecule has 1 saturated heterocycles. The first kappa shape index (κ1) is 16.2. The highest BCUT2D eigenvalue weighted by atomic mass is 19.1. The van der Waals surface area contributed by atoms with Crippen LogP contribution in [0.4, 0.5) is 15.9 Å². The van der Waals surface area contributed by atoms with Crippen LogP contribution < -0.4 is 10.9 Å². The summed E-state index contributed by atoms with van der Waals surface area (Å²) in [6, 6.07) is 6.51. The van der Waals surface area contributed by atoms with Gasteiger partial charge in [0.1, 0.15) is 5.39 Å². The largest absolute Gasteiger partial charge is 0.379 e. The second kappa shape index (κ2) is 6.57. The fourth-order valence-corrected chi connectivity index (χ4v) is 3.17. The van der Waals surface area contributed by atoms with Crippen molar-refractivity contribution < 1.29 is 9.13 Å². The number of H-pyrrole nitrogens is 1. The zero-order chi connectivity index (χ0) is 18.1. The molecule has 1 aliphatic rings. The Labute approximate surface area is 147 Å². The third-order valence-corrected chi connectivity index (χ3v) is 4.43. The SMILES string of the molecule is N#C[C@H]1CCOC[C@@H]1n1nc(Nc2ccnc(F)c2)c2c(=O)[nH]ccc21. The highest BCUT2D eigenvalue weighted by Crippen LogP contribution is 2.31. The van der Waals surface area contributed by atoms with Crippen LogP contribution in [-0.2, 0) is 4.74 Å². The van der Waals surface area contributed by atoms with Crippen LogP contribution in [-0.4, -0.2) is 33.0 Å². The smallest absolute Gasteiger partial charge is 0.261 e. The van der Waals surface area contributed by atoms with Crippen molar-refractivity contribution in [3.63, 3.8) is 0 Å². The summed E-state index contributed by atoms with van der Waals surface area (Å²) in [5, 5.41) is 17.3. The molecule has 3 aromatic rings. The number of nitriles is 1. The Kier molecular flexibility index (Phi) is 4.10. The van der Waals surface area contributed by atoms with Crippen LogP contribution in [0.2, 0.25) is 0 Å². The molecule has 0 saturated carbocycles. The molecule has 0 aliphatic carbocycles. The molecular formula is C17H15FN6O2. The number of fused-ring (bicyclic) bond motifs is 1. The number of nitrogens with one attached hydrogen (secondary N) is 2. The number of hydrogen-bond donors (Lipinski definition) is 2. The first-order valence-electron chi connectivity index (χ1n) is 8.13. The fourth-order valence-electron chi connectivity index (χ4n) is 3.17. The van der Waals surface area contributed by atoms with Crippen molar-refractivity contribution in [3.8, 4) is 6.07 Å². The standard InChI is InChI=1S/C17H15FN6O2/c18-14-7-11(1-4-20-14)22-16-15-12(2-5-21-17(15)25)24(23-16)13-9-26-6-3-10(13)8-19/h1-2,4-5,7,10,13H,3,6,9H2,(H,21,25)(H,20,22,23)/t10-,13+/m1/s1. The lowest BCUT2D eigenvalue weighted by atomic mass is 9.96. The average molecular weight is 354 g/mol. The summed E-state index contributed by atoms with van der Waals surface area (Å²) in [4.78, 5) is 18.5. The fraction of sp³-hybridized carbons (Fsp3) is 0.294. The van der Waals surface area contributed by atoms with Gasteiger partial charge >= 0.3 is 0 Å². The van der Waals surface area contributed by atoms with Crippen LogP contribution in [0.5, 0.6) is 0 Å². The maximum absolute atomic E-state index is 13.4. The molecule has 0 spiro atoms. The highest BCUT2D eigenvalue weighted by Gasteiger charge is 2.30. The van der Waals surface area contributed by atoms with E-state index >= 15 is 0 Å². The number of pyridine rings is 2. The molecule has 0 bridgehead atoms. The van der Waals surface area contributed by atoms with Gasteiger partial charge in [-0.25, -0.2) is 4.98 Å². The predicted octanol–water partition coefficient (Wildman–Crippen LogP) is 2.10. The van der Waals surface area contributed by atoms with Gasteiger partial charge < -0.3 is 15.0 Å². The Bertz CT molecular complexity index is 1050. The van der Waals surface area contributed by atoms with Crippen molar-refractivity contribution in [2.75, 3.05) is 18.5 Å². The Morgan fingerprint density at radius 2 is 2.35 bits per heavy atom. The summed E-state index contributed by atoms with van der Waals surface area (Å²) in [6.45, 7) is 0.862. The monoisotopic (exact) mass is 354 g/mol. The van der Waals surface area contributed by atoms with Crippen LogP contribution in [0.1, 0.15) is 12.5 Å².